The van der Waals surface area contributed by atoms with Crippen molar-refractivity contribution in [3.05, 3.63) is 12.2 Å². The zero-order valence-electron chi connectivity index (χ0n) is 20.4. The first-order chi connectivity index (χ1) is 15.7. The Balaban J connectivity index is 1.06. The first-order valence-electron chi connectivity index (χ1n) is 13.4. The van der Waals surface area contributed by atoms with Crippen molar-refractivity contribution in [3.63, 3.8) is 0 Å². The average Bonchev–Trinajstić information content (AvgIpc) is 2.73. The lowest BCUT2D eigenvalue weighted by Crippen LogP contribution is -2.58. The summed E-state index contributed by atoms with van der Waals surface area (Å²) in [7, 11) is 0. The summed E-state index contributed by atoms with van der Waals surface area (Å²) in [5.41, 5.74) is 0.361. The lowest BCUT2D eigenvalue weighted by molar-refractivity contribution is -0.218. The van der Waals surface area contributed by atoms with Crippen LogP contribution in [-0.2, 0) is 23.8 Å². The number of hydrogen-bond acceptors (Lipinski definition) is 5. The van der Waals surface area contributed by atoms with Crippen LogP contribution >= 0.6 is 0 Å². The molecule has 0 amide bonds. The van der Waals surface area contributed by atoms with E-state index in [9.17, 15) is 9.59 Å². The molecule has 182 valence electrons. The summed E-state index contributed by atoms with van der Waals surface area (Å²) in [5, 5.41) is 0. The van der Waals surface area contributed by atoms with Crippen LogP contribution in [0.25, 0.3) is 0 Å². The van der Waals surface area contributed by atoms with Crippen molar-refractivity contribution in [2.24, 2.45) is 46.3 Å². The monoisotopic (exact) mass is 456 g/mol. The highest BCUT2D eigenvalue weighted by molar-refractivity contribution is 5.87. The van der Waals surface area contributed by atoms with Crippen molar-refractivity contribution in [3.8, 4) is 0 Å². The molecule has 33 heavy (non-hydrogen) atoms. The van der Waals surface area contributed by atoms with E-state index in [4.69, 9.17) is 14.2 Å². The molecule has 3 unspecified atom stereocenters. The predicted molar refractivity (Wildman–Crippen MR) is 123 cm³/mol. The Morgan fingerprint density at radius 1 is 0.879 bits per heavy atom. The molecule has 0 aromatic rings. The third kappa shape index (κ3) is 3.86. The highest BCUT2D eigenvalue weighted by Crippen LogP contribution is 2.62. The van der Waals surface area contributed by atoms with E-state index in [0.717, 1.165) is 56.5 Å². The first-order valence-corrected chi connectivity index (χ1v) is 13.4. The molecule has 3 atom stereocenters. The molecule has 0 N–H and O–H groups in total. The lowest BCUT2D eigenvalue weighted by Gasteiger charge is -2.58. The minimum absolute atomic E-state index is 0.0727. The van der Waals surface area contributed by atoms with Crippen molar-refractivity contribution < 1.29 is 23.8 Å². The molecule has 8 rings (SSSR count). The van der Waals surface area contributed by atoms with E-state index in [0.29, 0.717) is 16.9 Å². The maximum absolute atomic E-state index is 13.4. The van der Waals surface area contributed by atoms with E-state index >= 15 is 0 Å². The van der Waals surface area contributed by atoms with Crippen LogP contribution in [0, 0.1) is 46.3 Å². The van der Waals surface area contributed by atoms with E-state index in [1.165, 1.54) is 38.5 Å². The van der Waals surface area contributed by atoms with Gasteiger partial charge in [-0.15, -0.1) is 0 Å². The number of esters is 2. The summed E-state index contributed by atoms with van der Waals surface area (Å²) < 4.78 is 18.0. The number of rotatable bonds is 7. The van der Waals surface area contributed by atoms with E-state index in [2.05, 4.69) is 6.58 Å². The van der Waals surface area contributed by atoms with Crippen LogP contribution in [0.3, 0.4) is 0 Å². The van der Waals surface area contributed by atoms with Gasteiger partial charge in [0.15, 0.2) is 6.29 Å². The first kappa shape index (κ1) is 22.1. The second kappa shape index (κ2) is 7.83. The third-order valence-electron chi connectivity index (χ3n) is 10.3. The maximum Gasteiger partial charge on any atom is 0.333 e. The van der Waals surface area contributed by atoms with Gasteiger partial charge in [-0.3, -0.25) is 4.79 Å². The van der Waals surface area contributed by atoms with Crippen LogP contribution in [0.5, 0.6) is 0 Å². The maximum atomic E-state index is 13.4. The molecule has 0 heterocycles. The lowest BCUT2D eigenvalue weighted by atomic mass is 9.48. The molecule has 0 spiro atoms. The van der Waals surface area contributed by atoms with Crippen molar-refractivity contribution in [2.75, 3.05) is 6.61 Å². The normalized spacial score (nSPS) is 47.4. The highest BCUT2D eigenvalue weighted by Gasteiger charge is 2.60. The molecule has 8 saturated carbocycles. The van der Waals surface area contributed by atoms with Crippen LogP contribution in [0.1, 0.15) is 84.5 Å². The summed E-state index contributed by atoms with van der Waals surface area (Å²) in [6.45, 7) is 8.06. The second-order valence-corrected chi connectivity index (χ2v) is 13.1. The fraction of sp³-hybridized carbons (Fsp3) is 0.857. The van der Waals surface area contributed by atoms with Gasteiger partial charge in [0.05, 0.1) is 12.0 Å². The fourth-order valence-corrected chi connectivity index (χ4v) is 9.71. The zero-order chi connectivity index (χ0) is 23.0. The third-order valence-corrected chi connectivity index (χ3v) is 10.3. The van der Waals surface area contributed by atoms with Crippen LogP contribution in [-0.4, -0.2) is 30.9 Å². The Kier molecular flexibility index (Phi) is 5.25. The van der Waals surface area contributed by atoms with Gasteiger partial charge in [0.25, 0.3) is 0 Å². The van der Waals surface area contributed by atoms with E-state index < -0.39 is 11.7 Å². The fourth-order valence-electron chi connectivity index (χ4n) is 9.71. The molecule has 0 radical (unpaired) electrons. The van der Waals surface area contributed by atoms with Gasteiger partial charge in [-0.1, -0.05) is 6.58 Å². The van der Waals surface area contributed by atoms with E-state index in [1.807, 2.05) is 6.92 Å². The minimum atomic E-state index is -0.490. The topological polar surface area (TPSA) is 61.8 Å². The van der Waals surface area contributed by atoms with Crippen molar-refractivity contribution in [2.45, 2.75) is 96.9 Å². The standard InChI is InChI=1S/C28H40O5/c1-16(2)25(29)33-24-22-7-21-8-23(24)14-28(12-21,13-22)26(30)32-17(3)31-15-27-9-18-4-19(10-27)6-20(5-18)11-27/h17-24H,1,4-15H2,2-3H3. The van der Waals surface area contributed by atoms with Gasteiger partial charge in [0.2, 0.25) is 0 Å². The molecule has 8 aliphatic carbocycles. The van der Waals surface area contributed by atoms with Crippen LogP contribution in [0.15, 0.2) is 12.2 Å². The number of ether oxygens (including phenoxy) is 3. The molecule has 8 aliphatic rings. The molecular formula is C28H40O5. The number of carbonyl (C=O) groups is 2. The Labute approximate surface area is 198 Å². The smallest absolute Gasteiger partial charge is 0.333 e. The number of carbonyl (C=O) groups excluding carboxylic acids is 2. The second-order valence-electron chi connectivity index (χ2n) is 13.1. The predicted octanol–water partition coefficient (Wildman–Crippen LogP) is 5.42. The summed E-state index contributed by atoms with van der Waals surface area (Å²) in [6, 6.07) is 0. The molecule has 8 bridgehead atoms. The Hall–Kier alpha value is -1.36. The molecule has 0 aromatic carbocycles. The Bertz CT molecular complexity index is 794. The van der Waals surface area contributed by atoms with Crippen LogP contribution < -0.4 is 0 Å². The molecule has 0 saturated heterocycles. The highest BCUT2D eigenvalue weighted by atomic mass is 16.7. The zero-order valence-corrected chi connectivity index (χ0v) is 20.4. The summed E-state index contributed by atoms with van der Waals surface area (Å²) in [6.07, 6.45) is 12.2. The van der Waals surface area contributed by atoms with Gasteiger partial charge in [-0.25, -0.2) is 4.79 Å². The largest absolute Gasteiger partial charge is 0.458 e. The van der Waals surface area contributed by atoms with Crippen LogP contribution in [0.2, 0.25) is 0 Å². The molecule has 5 nitrogen and oxygen atoms in total. The van der Waals surface area contributed by atoms with Crippen LogP contribution in [0.4, 0.5) is 0 Å². The molecule has 0 aromatic heterocycles. The molecule has 8 fully saturated rings. The minimum Gasteiger partial charge on any atom is -0.458 e. The Morgan fingerprint density at radius 3 is 1.97 bits per heavy atom. The molecule has 0 aliphatic heterocycles. The Morgan fingerprint density at radius 2 is 1.42 bits per heavy atom. The van der Waals surface area contributed by atoms with Gasteiger partial charge in [-0.2, -0.15) is 0 Å². The van der Waals surface area contributed by atoms with E-state index in [-0.39, 0.29) is 29.9 Å². The summed E-state index contributed by atoms with van der Waals surface area (Å²) in [4.78, 5) is 25.6. The van der Waals surface area contributed by atoms with Gasteiger partial charge in [0, 0.05) is 5.57 Å². The van der Waals surface area contributed by atoms with Crippen molar-refractivity contribution in [1.29, 1.82) is 0 Å². The molecular weight excluding hydrogens is 416 g/mol. The van der Waals surface area contributed by atoms with E-state index in [1.54, 1.807) is 6.92 Å². The summed E-state index contributed by atoms with van der Waals surface area (Å²) in [5.74, 6) is 3.38. The van der Waals surface area contributed by atoms with Gasteiger partial charge in [0.1, 0.15) is 6.10 Å². The molecule has 5 heteroatoms. The quantitative estimate of drug-likeness (QED) is 0.291. The number of hydrogen-bond donors (Lipinski definition) is 0. The van der Waals surface area contributed by atoms with Gasteiger partial charge < -0.3 is 14.2 Å². The van der Waals surface area contributed by atoms with Crippen molar-refractivity contribution in [1.82, 2.24) is 0 Å². The van der Waals surface area contributed by atoms with Gasteiger partial charge in [-0.05, 0) is 125 Å². The summed E-state index contributed by atoms with van der Waals surface area (Å²) >= 11 is 0. The van der Waals surface area contributed by atoms with Crippen molar-refractivity contribution >= 4 is 11.9 Å². The SMILES string of the molecule is C=C(C)C(=O)OC1C2CC3CC1CC(C(=O)OC(C)OCC14CC5CC(CC(C5)C1)C4)(C3)C2. The average molecular weight is 457 g/mol. The van der Waals surface area contributed by atoms with Gasteiger partial charge >= 0.3 is 11.9 Å².